The number of thiophene rings is 1. The molecule has 3 heterocycles. The van der Waals surface area contributed by atoms with Crippen molar-refractivity contribution in [2.45, 2.75) is 0 Å². The van der Waals surface area contributed by atoms with Crippen LogP contribution in [0, 0.1) is 0 Å². The standard InChI is InChI=1S/C22H18N2O2S/c1-25-14-3-5-18-13(9-14)10-20(24-18)22-8-7-21(27-22)17-12-23-19-6-4-15(26-2)11-16(17)19/h3-12,23-24H,1-2H3. The maximum atomic E-state index is 5.38. The third-order valence-electron chi connectivity index (χ3n) is 4.85. The van der Waals surface area contributed by atoms with Gasteiger partial charge in [0, 0.05) is 38.4 Å². The van der Waals surface area contributed by atoms with E-state index in [1.54, 1.807) is 25.6 Å². The zero-order chi connectivity index (χ0) is 18.4. The van der Waals surface area contributed by atoms with Gasteiger partial charge in [0.05, 0.1) is 24.8 Å². The Bertz CT molecular complexity index is 1260. The number of nitrogens with one attached hydrogen (secondary N) is 2. The van der Waals surface area contributed by atoms with E-state index in [2.05, 4.69) is 58.6 Å². The molecule has 27 heavy (non-hydrogen) atoms. The van der Waals surface area contributed by atoms with Crippen molar-refractivity contribution in [3.8, 4) is 32.5 Å². The largest absolute Gasteiger partial charge is 0.497 e. The van der Waals surface area contributed by atoms with Crippen LogP contribution in [-0.4, -0.2) is 24.2 Å². The topological polar surface area (TPSA) is 50.0 Å². The van der Waals surface area contributed by atoms with Crippen LogP contribution in [0.3, 0.4) is 0 Å². The first-order chi connectivity index (χ1) is 13.2. The molecular weight excluding hydrogens is 356 g/mol. The lowest BCUT2D eigenvalue weighted by Crippen LogP contribution is -1.81. The Balaban J connectivity index is 1.57. The first kappa shape index (κ1) is 16.0. The fourth-order valence-electron chi connectivity index (χ4n) is 3.43. The van der Waals surface area contributed by atoms with Gasteiger partial charge in [-0.2, -0.15) is 0 Å². The summed E-state index contributed by atoms with van der Waals surface area (Å²) >= 11 is 1.77. The van der Waals surface area contributed by atoms with Gasteiger partial charge in [0.25, 0.3) is 0 Å². The number of H-pyrrole nitrogens is 2. The van der Waals surface area contributed by atoms with E-state index in [0.717, 1.165) is 33.6 Å². The molecule has 0 aliphatic heterocycles. The van der Waals surface area contributed by atoms with Gasteiger partial charge >= 0.3 is 0 Å². The maximum Gasteiger partial charge on any atom is 0.119 e. The minimum atomic E-state index is 0.865. The molecule has 0 saturated carbocycles. The second kappa shape index (κ2) is 6.21. The summed E-state index contributed by atoms with van der Waals surface area (Å²) in [5.74, 6) is 1.73. The molecule has 5 heteroatoms. The number of methoxy groups -OCH3 is 2. The molecule has 134 valence electrons. The lowest BCUT2D eigenvalue weighted by molar-refractivity contribution is 0.415. The summed E-state index contributed by atoms with van der Waals surface area (Å²) in [6.45, 7) is 0. The summed E-state index contributed by atoms with van der Waals surface area (Å²) in [6, 6.07) is 18.7. The van der Waals surface area contributed by atoms with E-state index in [-0.39, 0.29) is 0 Å². The molecule has 0 atom stereocenters. The fraction of sp³-hybridized carbons (Fsp3) is 0.0909. The summed E-state index contributed by atoms with van der Waals surface area (Å²) in [7, 11) is 3.39. The van der Waals surface area contributed by atoms with Crippen LogP contribution >= 0.6 is 11.3 Å². The number of hydrogen-bond donors (Lipinski definition) is 2. The van der Waals surface area contributed by atoms with E-state index in [9.17, 15) is 0 Å². The van der Waals surface area contributed by atoms with Gasteiger partial charge in [0.1, 0.15) is 11.5 Å². The molecule has 5 aromatic rings. The predicted octanol–water partition coefficient (Wildman–Crippen LogP) is 6.06. The Hall–Kier alpha value is -3.18. The third kappa shape index (κ3) is 2.67. The highest BCUT2D eigenvalue weighted by Gasteiger charge is 2.12. The average molecular weight is 374 g/mol. The summed E-state index contributed by atoms with van der Waals surface area (Å²) < 4.78 is 10.7. The second-order valence-electron chi connectivity index (χ2n) is 6.41. The number of aromatic amines is 2. The van der Waals surface area contributed by atoms with Crippen molar-refractivity contribution in [1.82, 2.24) is 9.97 Å². The van der Waals surface area contributed by atoms with Gasteiger partial charge in [-0.1, -0.05) is 0 Å². The van der Waals surface area contributed by atoms with Crippen molar-refractivity contribution in [1.29, 1.82) is 0 Å². The van der Waals surface area contributed by atoms with Crippen molar-refractivity contribution < 1.29 is 9.47 Å². The highest BCUT2D eigenvalue weighted by Crippen LogP contribution is 2.39. The molecule has 0 radical (unpaired) electrons. The van der Waals surface area contributed by atoms with E-state index in [1.807, 2.05) is 12.1 Å². The molecule has 0 aliphatic carbocycles. The lowest BCUT2D eigenvalue weighted by atomic mass is 10.1. The highest BCUT2D eigenvalue weighted by atomic mass is 32.1. The zero-order valence-electron chi connectivity index (χ0n) is 15.0. The first-order valence-corrected chi connectivity index (χ1v) is 9.49. The molecular formula is C22H18N2O2S. The number of aromatic nitrogens is 2. The smallest absolute Gasteiger partial charge is 0.119 e. The van der Waals surface area contributed by atoms with Crippen LogP contribution in [0.15, 0.2) is 60.8 Å². The van der Waals surface area contributed by atoms with E-state index in [1.165, 1.54) is 20.7 Å². The number of ether oxygens (including phenoxy) is 2. The number of rotatable bonds is 4. The maximum absolute atomic E-state index is 5.38. The minimum Gasteiger partial charge on any atom is -0.497 e. The summed E-state index contributed by atoms with van der Waals surface area (Å²) in [5, 5.41) is 2.32. The van der Waals surface area contributed by atoms with Gasteiger partial charge in [0.15, 0.2) is 0 Å². The second-order valence-corrected chi connectivity index (χ2v) is 7.50. The molecule has 5 rings (SSSR count). The number of hydrogen-bond acceptors (Lipinski definition) is 3. The Morgan fingerprint density at radius 1 is 0.778 bits per heavy atom. The van der Waals surface area contributed by atoms with Crippen molar-refractivity contribution in [2.24, 2.45) is 0 Å². The molecule has 4 nitrogen and oxygen atoms in total. The van der Waals surface area contributed by atoms with Crippen LogP contribution in [0.5, 0.6) is 11.5 Å². The van der Waals surface area contributed by atoms with Crippen LogP contribution in [0.4, 0.5) is 0 Å². The molecule has 0 spiro atoms. The fourth-order valence-corrected chi connectivity index (χ4v) is 4.44. The summed E-state index contributed by atoms with van der Waals surface area (Å²) in [5.41, 5.74) is 4.53. The molecule has 0 unspecified atom stereocenters. The third-order valence-corrected chi connectivity index (χ3v) is 6.01. The van der Waals surface area contributed by atoms with Crippen LogP contribution in [0.25, 0.3) is 42.8 Å². The van der Waals surface area contributed by atoms with Crippen molar-refractivity contribution in [3.63, 3.8) is 0 Å². The van der Waals surface area contributed by atoms with Crippen molar-refractivity contribution >= 4 is 33.1 Å². The molecule has 2 aromatic carbocycles. The van der Waals surface area contributed by atoms with E-state index in [4.69, 9.17) is 9.47 Å². The van der Waals surface area contributed by atoms with Crippen LogP contribution in [-0.2, 0) is 0 Å². The van der Waals surface area contributed by atoms with E-state index >= 15 is 0 Å². The van der Waals surface area contributed by atoms with Gasteiger partial charge in [-0.3, -0.25) is 0 Å². The first-order valence-electron chi connectivity index (χ1n) is 8.67. The van der Waals surface area contributed by atoms with Gasteiger partial charge < -0.3 is 19.4 Å². The quantitative estimate of drug-likeness (QED) is 0.401. The molecule has 0 saturated heterocycles. The van der Waals surface area contributed by atoms with Crippen LogP contribution < -0.4 is 9.47 Å². The monoisotopic (exact) mass is 374 g/mol. The number of benzene rings is 2. The van der Waals surface area contributed by atoms with Gasteiger partial charge in [-0.05, 0) is 54.6 Å². The Morgan fingerprint density at radius 3 is 2.33 bits per heavy atom. The van der Waals surface area contributed by atoms with Gasteiger partial charge in [-0.25, -0.2) is 0 Å². The zero-order valence-corrected chi connectivity index (χ0v) is 15.8. The molecule has 2 N–H and O–H groups in total. The highest BCUT2D eigenvalue weighted by molar-refractivity contribution is 7.18. The Morgan fingerprint density at radius 2 is 1.52 bits per heavy atom. The average Bonchev–Trinajstić information content (AvgIpc) is 3.43. The van der Waals surface area contributed by atoms with Crippen LogP contribution in [0.2, 0.25) is 0 Å². The van der Waals surface area contributed by atoms with Crippen molar-refractivity contribution in [2.75, 3.05) is 14.2 Å². The normalized spacial score (nSPS) is 11.3. The lowest BCUT2D eigenvalue weighted by Gasteiger charge is -2.00. The van der Waals surface area contributed by atoms with E-state index in [0.29, 0.717) is 0 Å². The van der Waals surface area contributed by atoms with Gasteiger partial charge in [0.2, 0.25) is 0 Å². The summed E-state index contributed by atoms with van der Waals surface area (Å²) in [4.78, 5) is 9.28. The minimum absolute atomic E-state index is 0.865. The SMILES string of the molecule is COc1ccc2[nH]c(-c3ccc(-c4c[nH]c5ccc(OC)cc45)s3)cc2c1. The van der Waals surface area contributed by atoms with E-state index < -0.39 is 0 Å². The Labute approximate surface area is 160 Å². The molecule has 0 aliphatic rings. The number of fused-ring (bicyclic) bond motifs is 2. The predicted molar refractivity (Wildman–Crippen MR) is 112 cm³/mol. The molecule has 0 amide bonds. The van der Waals surface area contributed by atoms with Crippen LogP contribution in [0.1, 0.15) is 0 Å². The molecule has 3 aromatic heterocycles. The van der Waals surface area contributed by atoms with Crippen molar-refractivity contribution in [3.05, 3.63) is 60.8 Å². The molecule has 0 fully saturated rings. The molecule has 0 bridgehead atoms. The van der Waals surface area contributed by atoms with Gasteiger partial charge in [-0.15, -0.1) is 11.3 Å². The summed E-state index contributed by atoms with van der Waals surface area (Å²) in [6.07, 6.45) is 2.07. The Kier molecular flexibility index (Phi) is 3.69.